The highest BCUT2D eigenvalue weighted by molar-refractivity contribution is 5.41. The van der Waals surface area contributed by atoms with Gasteiger partial charge in [0.2, 0.25) is 0 Å². The fourth-order valence-electron chi connectivity index (χ4n) is 3.98. The van der Waals surface area contributed by atoms with E-state index in [1.165, 1.54) is 11.1 Å². The maximum Gasteiger partial charge on any atom is 0.0866 e. The zero-order valence-electron chi connectivity index (χ0n) is 13.1. The van der Waals surface area contributed by atoms with Crippen LogP contribution in [0.15, 0.2) is 60.7 Å². The summed E-state index contributed by atoms with van der Waals surface area (Å²) in [6.45, 7) is 5.59. The van der Waals surface area contributed by atoms with Gasteiger partial charge in [-0.3, -0.25) is 4.90 Å². The summed E-state index contributed by atoms with van der Waals surface area (Å²) < 4.78 is 0. The third-order valence-electron chi connectivity index (χ3n) is 4.74. The van der Waals surface area contributed by atoms with Gasteiger partial charge < -0.3 is 5.32 Å². The lowest BCUT2D eigenvalue weighted by Gasteiger charge is -2.53. The van der Waals surface area contributed by atoms with Crippen LogP contribution in [0.1, 0.15) is 25.0 Å². The predicted octanol–water partition coefficient (Wildman–Crippen LogP) is 3.24. The Morgan fingerprint density at radius 3 is 1.81 bits per heavy atom. The number of hydrogen-bond donors (Lipinski definition) is 1. The molecule has 0 aliphatic carbocycles. The van der Waals surface area contributed by atoms with Crippen LogP contribution in [0.2, 0.25) is 0 Å². The second kappa shape index (κ2) is 5.63. The van der Waals surface area contributed by atoms with Gasteiger partial charge in [0.25, 0.3) is 0 Å². The summed E-state index contributed by atoms with van der Waals surface area (Å²) in [5.41, 5.74) is 2.59. The van der Waals surface area contributed by atoms with Gasteiger partial charge in [-0.2, -0.15) is 0 Å². The molecule has 1 saturated heterocycles. The van der Waals surface area contributed by atoms with Crippen LogP contribution in [0, 0.1) is 0 Å². The van der Waals surface area contributed by atoms with E-state index in [1.807, 2.05) is 0 Å². The molecule has 0 unspecified atom stereocenters. The van der Waals surface area contributed by atoms with E-state index >= 15 is 0 Å². The first-order chi connectivity index (χ1) is 10.2. The Bertz CT molecular complexity index is 526. The van der Waals surface area contributed by atoms with Gasteiger partial charge in [0.15, 0.2) is 0 Å². The fraction of sp³-hybridized carbons (Fsp3) is 0.368. The Hall–Kier alpha value is -1.64. The molecule has 2 heteroatoms. The quantitative estimate of drug-likeness (QED) is 0.908. The molecule has 0 amide bonds. The van der Waals surface area contributed by atoms with Crippen molar-refractivity contribution >= 4 is 0 Å². The molecule has 2 aromatic carbocycles. The van der Waals surface area contributed by atoms with Gasteiger partial charge in [0.05, 0.1) is 5.54 Å². The maximum atomic E-state index is 3.76. The number of benzene rings is 2. The van der Waals surface area contributed by atoms with Crippen molar-refractivity contribution in [1.82, 2.24) is 10.2 Å². The molecule has 0 spiro atoms. The van der Waals surface area contributed by atoms with Crippen LogP contribution >= 0.6 is 0 Å². The van der Waals surface area contributed by atoms with Crippen molar-refractivity contribution in [2.75, 3.05) is 13.6 Å². The minimum atomic E-state index is -0.116. The molecule has 1 fully saturated rings. The number of likely N-dealkylation sites (N-methyl/N-ethyl adjacent to an activating group) is 1. The van der Waals surface area contributed by atoms with Crippen LogP contribution in [-0.2, 0) is 5.54 Å². The number of hydrogen-bond acceptors (Lipinski definition) is 2. The monoisotopic (exact) mass is 280 g/mol. The number of piperazine rings is 1. The van der Waals surface area contributed by atoms with E-state index in [-0.39, 0.29) is 5.54 Å². The molecule has 2 aromatic rings. The summed E-state index contributed by atoms with van der Waals surface area (Å²) in [7, 11) is 2.24. The molecule has 110 valence electrons. The maximum absolute atomic E-state index is 3.76. The molecule has 0 radical (unpaired) electrons. The van der Waals surface area contributed by atoms with Crippen molar-refractivity contribution in [2.24, 2.45) is 0 Å². The molecule has 3 rings (SSSR count). The van der Waals surface area contributed by atoms with E-state index in [9.17, 15) is 0 Å². The average molecular weight is 280 g/mol. The Kier molecular flexibility index (Phi) is 3.83. The van der Waals surface area contributed by atoms with Crippen molar-refractivity contribution in [3.63, 3.8) is 0 Å². The molecular formula is C19H24N2. The zero-order chi connectivity index (χ0) is 14.9. The fourth-order valence-corrected chi connectivity index (χ4v) is 3.98. The highest BCUT2D eigenvalue weighted by Gasteiger charge is 2.46. The molecule has 0 saturated carbocycles. The van der Waals surface area contributed by atoms with E-state index in [0.717, 1.165) is 6.54 Å². The van der Waals surface area contributed by atoms with E-state index in [1.54, 1.807) is 0 Å². The van der Waals surface area contributed by atoms with Gasteiger partial charge in [0.1, 0.15) is 0 Å². The summed E-state index contributed by atoms with van der Waals surface area (Å²) in [6, 6.07) is 22.6. The smallest absolute Gasteiger partial charge is 0.0866 e. The Morgan fingerprint density at radius 1 is 0.905 bits per heavy atom. The van der Waals surface area contributed by atoms with Crippen LogP contribution < -0.4 is 5.32 Å². The minimum absolute atomic E-state index is 0.116. The van der Waals surface area contributed by atoms with Gasteiger partial charge >= 0.3 is 0 Å². The highest BCUT2D eigenvalue weighted by atomic mass is 15.3. The molecular weight excluding hydrogens is 256 g/mol. The lowest BCUT2D eigenvalue weighted by atomic mass is 9.74. The van der Waals surface area contributed by atoms with Gasteiger partial charge in [-0.25, -0.2) is 0 Å². The Balaban J connectivity index is 2.20. The number of nitrogens with one attached hydrogen (secondary N) is 1. The summed E-state index contributed by atoms with van der Waals surface area (Å²) in [5.74, 6) is 0. The largest absolute Gasteiger partial charge is 0.308 e. The van der Waals surface area contributed by atoms with Crippen molar-refractivity contribution < 1.29 is 0 Å². The SMILES string of the molecule is C[C@H]1CN(C)C(c2ccccc2)(c2ccccc2)[C@@H](C)N1. The normalized spacial score (nSPS) is 25.7. The molecule has 2 atom stereocenters. The van der Waals surface area contributed by atoms with E-state index < -0.39 is 0 Å². The summed E-state index contributed by atoms with van der Waals surface area (Å²) in [6.07, 6.45) is 0. The number of nitrogens with zero attached hydrogens (tertiary/aromatic N) is 1. The van der Waals surface area contributed by atoms with E-state index in [2.05, 4.69) is 91.8 Å². The molecule has 21 heavy (non-hydrogen) atoms. The van der Waals surface area contributed by atoms with Gasteiger partial charge in [-0.1, -0.05) is 60.7 Å². The van der Waals surface area contributed by atoms with Gasteiger partial charge in [0, 0.05) is 18.6 Å². The summed E-state index contributed by atoms with van der Waals surface area (Å²) >= 11 is 0. The first-order valence-corrected chi connectivity index (χ1v) is 7.74. The van der Waals surface area contributed by atoms with Crippen molar-refractivity contribution in [1.29, 1.82) is 0 Å². The topological polar surface area (TPSA) is 15.3 Å². The molecule has 0 aromatic heterocycles. The van der Waals surface area contributed by atoms with E-state index in [4.69, 9.17) is 0 Å². The third kappa shape index (κ3) is 2.29. The molecule has 1 aliphatic heterocycles. The predicted molar refractivity (Wildman–Crippen MR) is 88.4 cm³/mol. The molecule has 1 aliphatic rings. The lowest BCUT2D eigenvalue weighted by molar-refractivity contribution is 0.0599. The van der Waals surface area contributed by atoms with Crippen LogP contribution in [0.4, 0.5) is 0 Å². The van der Waals surface area contributed by atoms with Gasteiger partial charge in [-0.05, 0) is 32.0 Å². The van der Waals surface area contributed by atoms with Crippen molar-refractivity contribution in [3.05, 3.63) is 71.8 Å². The summed E-state index contributed by atoms with van der Waals surface area (Å²) in [4.78, 5) is 2.50. The third-order valence-corrected chi connectivity index (χ3v) is 4.74. The second-order valence-corrected chi connectivity index (χ2v) is 6.17. The molecule has 1 heterocycles. The molecule has 0 bridgehead atoms. The molecule has 2 nitrogen and oxygen atoms in total. The summed E-state index contributed by atoms with van der Waals surface area (Å²) in [5, 5.41) is 3.76. The van der Waals surface area contributed by atoms with Crippen LogP contribution in [-0.4, -0.2) is 30.6 Å². The first kappa shape index (κ1) is 14.3. The van der Waals surface area contributed by atoms with Crippen LogP contribution in [0.25, 0.3) is 0 Å². The highest BCUT2D eigenvalue weighted by Crippen LogP contribution is 2.40. The van der Waals surface area contributed by atoms with Crippen molar-refractivity contribution in [2.45, 2.75) is 31.5 Å². The second-order valence-electron chi connectivity index (χ2n) is 6.17. The Morgan fingerprint density at radius 2 is 1.38 bits per heavy atom. The van der Waals surface area contributed by atoms with Crippen molar-refractivity contribution in [3.8, 4) is 0 Å². The first-order valence-electron chi connectivity index (χ1n) is 7.74. The minimum Gasteiger partial charge on any atom is -0.308 e. The lowest BCUT2D eigenvalue weighted by Crippen LogP contribution is -2.66. The van der Waals surface area contributed by atoms with Crippen LogP contribution in [0.5, 0.6) is 0 Å². The number of rotatable bonds is 2. The molecule has 1 N–H and O–H groups in total. The average Bonchev–Trinajstić information content (AvgIpc) is 2.49. The zero-order valence-corrected chi connectivity index (χ0v) is 13.1. The Labute approximate surface area is 127 Å². The van der Waals surface area contributed by atoms with E-state index in [0.29, 0.717) is 12.1 Å². The standard InChI is InChI=1S/C19H24N2/c1-15-14-21(3)19(16(2)20-15,17-10-6-4-7-11-17)18-12-8-5-9-13-18/h4-13,15-16,20H,14H2,1-3H3/t15-,16+/m0/s1. The van der Waals surface area contributed by atoms with Gasteiger partial charge in [-0.15, -0.1) is 0 Å². The van der Waals surface area contributed by atoms with Crippen LogP contribution in [0.3, 0.4) is 0 Å².